The van der Waals surface area contributed by atoms with E-state index in [0.29, 0.717) is 6.61 Å². The molecule has 0 fully saturated rings. The van der Waals surface area contributed by atoms with Crippen LogP contribution in [0.5, 0.6) is 0 Å². The summed E-state index contributed by atoms with van der Waals surface area (Å²) in [7, 11) is 0. The maximum Gasteiger partial charge on any atom is 0.132 e. The summed E-state index contributed by atoms with van der Waals surface area (Å²) >= 11 is 0. The van der Waals surface area contributed by atoms with Gasteiger partial charge in [0.15, 0.2) is 0 Å². The molecule has 0 bridgehead atoms. The van der Waals surface area contributed by atoms with Gasteiger partial charge in [0.2, 0.25) is 0 Å². The molecule has 2 aromatic rings. The highest BCUT2D eigenvalue weighted by molar-refractivity contribution is 5.87. The van der Waals surface area contributed by atoms with Gasteiger partial charge >= 0.3 is 0 Å². The van der Waals surface area contributed by atoms with Crippen molar-refractivity contribution in [1.29, 1.82) is 0 Å². The number of nitrogens with zero attached hydrogens (tertiary/aromatic N) is 1. The molecule has 2 heteroatoms. The first-order chi connectivity index (χ1) is 8.85. The van der Waals surface area contributed by atoms with Crippen LogP contribution in [0.2, 0.25) is 0 Å². The van der Waals surface area contributed by atoms with Crippen LogP contribution in [0.3, 0.4) is 0 Å². The summed E-state index contributed by atoms with van der Waals surface area (Å²) in [5.74, 6) is 0. The molecule has 2 nitrogen and oxygen atoms in total. The second-order valence-electron chi connectivity index (χ2n) is 5.04. The normalized spacial score (nSPS) is 24.4. The van der Waals surface area contributed by atoms with Gasteiger partial charge in [0, 0.05) is 0 Å². The number of hydrogen-bond acceptors (Lipinski definition) is 2. The Labute approximate surface area is 106 Å². The molecule has 87 valence electrons. The summed E-state index contributed by atoms with van der Waals surface area (Å²) in [5.41, 5.74) is 2.51. The molecule has 1 aliphatic heterocycles. The van der Waals surface area contributed by atoms with Gasteiger partial charge in [-0.05, 0) is 34.4 Å². The minimum Gasteiger partial charge on any atom is -0.394 e. The smallest absolute Gasteiger partial charge is 0.132 e. The summed E-state index contributed by atoms with van der Waals surface area (Å²) in [5, 5.41) is 6.37. The van der Waals surface area contributed by atoms with Crippen LogP contribution in [0.25, 0.3) is 16.8 Å². The quantitative estimate of drug-likeness (QED) is 0.685. The predicted molar refractivity (Wildman–Crippen MR) is 72.5 cm³/mol. The lowest BCUT2D eigenvalue weighted by atomic mass is 9.77. The van der Waals surface area contributed by atoms with E-state index in [9.17, 15) is 0 Å². The second kappa shape index (κ2) is 3.45. The zero-order valence-electron chi connectivity index (χ0n) is 9.89. The number of rotatable bonds is 0. The van der Waals surface area contributed by atoms with Crippen LogP contribution in [0, 0.1) is 5.41 Å². The maximum absolute atomic E-state index is 5.10. The lowest BCUT2D eigenvalue weighted by Gasteiger charge is -2.25. The molecule has 1 heterocycles. The Balaban J connectivity index is 1.88. The zero-order chi connectivity index (χ0) is 12.0. The number of fused-ring (bicyclic) bond motifs is 2. The van der Waals surface area contributed by atoms with Gasteiger partial charge in [0.25, 0.3) is 0 Å². The molecule has 2 aliphatic rings. The largest absolute Gasteiger partial charge is 0.394 e. The summed E-state index contributed by atoms with van der Waals surface area (Å²) in [6.07, 6.45) is 8.34. The van der Waals surface area contributed by atoms with Crippen LogP contribution in [-0.4, -0.2) is 12.8 Å². The van der Waals surface area contributed by atoms with E-state index < -0.39 is 0 Å². The highest BCUT2D eigenvalue weighted by Crippen LogP contribution is 2.35. The SMILES string of the molecule is [C]1=NOCC12C=Cc1cc3ccccc3cc1C2. The van der Waals surface area contributed by atoms with Gasteiger partial charge in [-0.2, -0.15) is 0 Å². The van der Waals surface area contributed by atoms with Gasteiger partial charge in [-0.25, -0.2) is 0 Å². The second-order valence-corrected chi connectivity index (χ2v) is 5.04. The summed E-state index contributed by atoms with van der Waals surface area (Å²) < 4.78 is 0. The van der Waals surface area contributed by atoms with E-state index in [1.807, 2.05) is 0 Å². The summed E-state index contributed by atoms with van der Waals surface area (Å²) in [4.78, 5) is 5.10. The standard InChI is InChI=1S/C16H12NO/c1-2-4-13-8-15-9-16(10-17-18-11-16)6-5-14(15)7-12(13)3-1/h1-8H,9,11H2. The fourth-order valence-corrected chi connectivity index (χ4v) is 2.74. The van der Waals surface area contributed by atoms with Gasteiger partial charge in [0.1, 0.15) is 12.8 Å². The third-order valence-electron chi connectivity index (χ3n) is 3.75. The fraction of sp³-hybridized carbons (Fsp3) is 0.188. The molecule has 0 saturated heterocycles. The molecule has 1 spiro atoms. The first-order valence-electron chi connectivity index (χ1n) is 6.15. The Morgan fingerprint density at radius 2 is 2.00 bits per heavy atom. The zero-order valence-corrected chi connectivity index (χ0v) is 9.89. The topological polar surface area (TPSA) is 21.6 Å². The van der Waals surface area contributed by atoms with Crippen molar-refractivity contribution in [1.82, 2.24) is 0 Å². The molecule has 0 amide bonds. The van der Waals surface area contributed by atoms with Crippen molar-refractivity contribution in [3.63, 3.8) is 0 Å². The number of benzene rings is 2. The van der Waals surface area contributed by atoms with Crippen LogP contribution >= 0.6 is 0 Å². The minimum absolute atomic E-state index is 0.143. The Hall–Kier alpha value is -2.09. The van der Waals surface area contributed by atoms with Crippen molar-refractivity contribution in [2.75, 3.05) is 6.61 Å². The van der Waals surface area contributed by atoms with Gasteiger partial charge in [-0.3, -0.25) is 0 Å². The third-order valence-corrected chi connectivity index (χ3v) is 3.75. The van der Waals surface area contributed by atoms with Crippen molar-refractivity contribution in [3.8, 4) is 0 Å². The first-order valence-corrected chi connectivity index (χ1v) is 6.15. The van der Waals surface area contributed by atoms with Crippen LogP contribution in [0.4, 0.5) is 0 Å². The highest BCUT2D eigenvalue weighted by atomic mass is 16.6. The van der Waals surface area contributed by atoms with E-state index in [0.717, 1.165) is 6.42 Å². The van der Waals surface area contributed by atoms with E-state index in [1.165, 1.54) is 21.9 Å². The average Bonchev–Trinajstić information content (AvgIpc) is 2.85. The first kappa shape index (κ1) is 9.89. The molecule has 1 radical (unpaired) electrons. The molecular formula is C16H12NO. The van der Waals surface area contributed by atoms with Crippen LogP contribution in [-0.2, 0) is 11.3 Å². The average molecular weight is 234 g/mol. The van der Waals surface area contributed by atoms with Gasteiger partial charge in [0.05, 0.1) is 5.41 Å². The van der Waals surface area contributed by atoms with E-state index in [4.69, 9.17) is 4.84 Å². The summed E-state index contributed by atoms with van der Waals surface area (Å²) in [6, 6.07) is 13.0. The van der Waals surface area contributed by atoms with E-state index in [2.05, 4.69) is 59.9 Å². The van der Waals surface area contributed by atoms with Crippen molar-refractivity contribution < 1.29 is 4.84 Å². The maximum atomic E-state index is 5.10. The molecule has 2 aromatic carbocycles. The molecule has 18 heavy (non-hydrogen) atoms. The van der Waals surface area contributed by atoms with Crippen LogP contribution < -0.4 is 0 Å². The molecule has 0 saturated carbocycles. The Kier molecular flexibility index (Phi) is 1.90. The highest BCUT2D eigenvalue weighted by Gasteiger charge is 2.34. The Bertz CT molecular complexity index is 687. The fourth-order valence-electron chi connectivity index (χ4n) is 2.74. The van der Waals surface area contributed by atoms with E-state index >= 15 is 0 Å². The van der Waals surface area contributed by atoms with Gasteiger partial charge in [-0.15, -0.1) is 0 Å². The Morgan fingerprint density at radius 3 is 2.78 bits per heavy atom. The molecular weight excluding hydrogens is 222 g/mol. The lowest BCUT2D eigenvalue weighted by molar-refractivity contribution is 0.135. The van der Waals surface area contributed by atoms with Crippen LogP contribution in [0.15, 0.2) is 47.6 Å². The molecule has 1 atom stereocenters. The van der Waals surface area contributed by atoms with Crippen molar-refractivity contribution in [2.45, 2.75) is 6.42 Å². The minimum atomic E-state index is -0.143. The van der Waals surface area contributed by atoms with Crippen molar-refractivity contribution >= 4 is 23.1 Å². The van der Waals surface area contributed by atoms with Crippen LogP contribution in [0.1, 0.15) is 11.1 Å². The van der Waals surface area contributed by atoms with Gasteiger partial charge in [-0.1, -0.05) is 47.6 Å². The Morgan fingerprint density at radius 1 is 1.17 bits per heavy atom. The molecule has 0 N–H and O–H groups in total. The predicted octanol–water partition coefficient (Wildman–Crippen LogP) is 3.29. The lowest BCUT2D eigenvalue weighted by Crippen LogP contribution is -2.26. The van der Waals surface area contributed by atoms with Gasteiger partial charge < -0.3 is 4.84 Å². The van der Waals surface area contributed by atoms with Crippen molar-refractivity contribution in [2.24, 2.45) is 10.6 Å². The van der Waals surface area contributed by atoms with E-state index in [1.54, 1.807) is 0 Å². The molecule has 0 aromatic heterocycles. The summed E-state index contributed by atoms with van der Waals surface area (Å²) in [6.45, 7) is 0.607. The third kappa shape index (κ3) is 1.39. The molecule has 1 aliphatic carbocycles. The van der Waals surface area contributed by atoms with Crippen molar-refractivity contribution in [3.05, 3.63) is 53.6 Å². The molecule has 4 rings (SSSR count). The monoisotopic (exact) mass is 234 g/mol. The number of hydrogen-bond donors (Lipinski definition) is 0. The molecule has 1 unspecified atom stereocenters. The van der Waals surface area contributed by atoms with E-state index in [-0.39, 0.29) is 5.41 Å².